The molecule has 0 radical (unpaired) electrons. The maximum Gasteiger partial charge on any atom is 0.291 e. The first kappa shape index (κ1) is 26.7. The summed E-state index contributed by atoms with van der Waals surface area (Å²) in [5.41, 5.74) is 1.27. The van der Waals surface area contributed by atoms with E-state index < -0.39 is 23.2 Å². The minimum absolute atomic E-state index is 0.0601. The van der Waals surface area contributed by atoms with E-state index in [9.17, 15) is 14.0 Å². The fourth-order valence-corrected chi connectivity index (χ4v) is 5.23. The van der Waals surface area contributed by atoms with Crippen LogP contribution >= 0.6 is 0 Å². The second-order valence-electron chi connectivity index (χ2n) is 10.5. The molecule has 9 heteroatoms. The van der Waals surface area contributed by atoms with Crippen LogP contribution in [0.2, 0.25) is 0 Å². The number of ether oxygens (including phenoxy) is 4. The molecule has 3 heterocycles. The molecule has 212 valence electrons. The van der Waals surface area contributed by atoms with Gasteiger partial charge in [-0.1, -0.05) is 26.0 Å². The SMILES string of the molecule is CCOc1cc([C@H]2c3c(oc4ccc(F)cc4c3=O)C(=O)N2Cc2ccc3c(c2)OCO3)ccc1OCCC(C)C. The van der Waals surface area contributed by atoms with E-state index in [0.717, 1.165) is 18.1 Å². The first-order chi connectivity index (χ1) is 19.8. The van der Waals surface area contributed by atoms with E-state index in [-0.39, 0.29) is 35.6 Å². The van der Waals surface area contributed by atoms with E-state index in [1.54, 1.807) is 23.1 Å². The zero-order valence-corrected chi connectivity index (χ0v) is 23.1. The van der Waals surface area contributed by atoms with Crippen molar-refractivity contribution in [1.29, 1.82) is 0 Å². The number of rotatable bonds is 9. The summed E-state index contributed by atoms with van der Waals surface area (Å²) in [6.07, 6.45) is 0.881. The van der Waals surface area contributed by atoms with Gasteiger partial charge in [-0.05, 0) is 72.9 Å². The number of nitrogens with zero attached hydrogens (tertiary/aromatic N) is 1. The number of hydrogen-bond donors (Lipinski definition) is 0. The molecule has 6 rings (SSSR count). The lowest BCUT2D eigenvalue weighted by atomic mass is 9.97. The number of fused-ring (bicyclic) bond motifs is 3. The number of amides is 1. The molecule has 1 aromatic heterocycles. The molecular formula is C32H30FNO7. The van der Waals surface area contributed by atoms with Crippen molar-refractivity contribution in [3.8, 4) is 23.0 Å². The molecule has 0 bridgehead atoms. The van der Waals surface area contributed by atoms with E-state index >= 15 is 0 Å². The Morgan fingerprint density at radius 1 is 0.976 bits per heavy atom. The summed E-state index contributed by atoms with van der Waals surface area (Å²) in [4.78, 5) is 29.3. The molecule has 41 heavy (non-hydrogen) atoms. The Morgan fingerprint density at radius 3 is 2.61 bits per heavy atom. The van der Waals surface area contributed by atoms with Crippen LogP contribution in [0.25, 0.3) is 11.0 Å². The van der Waals surface area contributed by atoms with Crippen LogP contribution in [0.1, 0.15) is 60.5 Å². The molecule has 0 saturated heterocycles. The molecule has 0 aliphatic carbocycles. The van der Waals surface area contributed by atoms with Gasteiger partial charge in [0.25, 0.3) is 5.91 Å². The molecule has 1 amide bonds. The topological polar surface area (TPSA) is 87.4 Å². The van der Waals surface area contributed by atoms with Crippen molar-refractivity contribution in [1.82, 2.24) is 4.90 Å². The summed E-state index contributed by atoms with van der Waals surface area (Å²) in [7, 11) is 0. The van der Waals surface area contributed by atoms with Gasteiger partial charge in [0.15, 0.2) is 28.4 Å². The van der Waals surface area contributed by atoms with Gasteiger partial charge in [-0.25, -0.2) is 4.39 Å². The highest BCUT2D eigenvalue weighted by Gasteiger charge is 2.43. The highest BCUT2D eigenvalue weighted by molar-refractivity contribution is 5.99. The molecule has 8 nitrogen and oxygen atoms in total. The van der Waals surface area contributed by atoms with Gasteiger partial charge in [-0.15, -0.1) is 0 Å². The maximum atomic E-state index is 14.2. The highest BCUT2D eigenvalue weighted by atomic mass is 19.1. The van der Waals surface area contributed by atoms with E-state index in [1.807, 2.05) is 25.1 Å². The maximum absolute atomic E-state index is 14.2. The predicted octanol–water partition coefficient (Wildman–Crippen LogP) is 6.23. The Bertz CT molecular complexity index is 1700. The zero-order valence-electron chi connectivity index (χ0n) is 23.1. The second-order valence-corrected chi connectivity index (χ2v) is 10.5. The van der Waals surface area contributed by atoms with Gasteiger partial charge in [0.1, 0.15) is 11.4 Å². The average Bonchev–Trinajstić information content (AvgIpc) is 3.52. The molecule has 0 fully saturated rings. The molecule has 1 atom stereocenters. The quantitative estimate of drug-likeness (QED) is 0.240. The van der Waals surface area contributed by atoms with E-state index in [1.165, 1.54) is 12.1 Å². The summed E-state index contributed by atoms with van der Waals surface area (Å²) in [6.45, 7) is 7.34. The Morgan fingerprint density at radius 2 is 1.80 bits per heavy atom. The Hall–Kier alpha value is -4.53. The van der Waals surface area contributed by atoms with Gasteiger partial charge < -0.3 is 28.3 Å². The average molecular weight is 560 g/mol. The van der Waals surface area contributed by atoms with Gasteiger partial charge >= 0.3 is 0 Å². The van der Waals surface area contributed by atoms with Crippen molar-refractivity contribution in [2.75, 3.05) is 20.0 Å². The minimum atomic E-state index is -0.809. The van der Waals surface area contributed by atoms with E-state index in [0.29, 0.717) is 47.7 Å². The van der Waals surface area contributed by atoms with Gasteiger partial charge in [-0.3, -0.25) is 9.59 Å². The number of carbonyl (C=O) groups excluding carboxylic acids is 1. The summed E-state index contributed by atoms with van der Waals surface area (Å²) in [6, 6.07) is 13.8. The standard InChI is InChI=1S/C32H30FNO7/c1-4-37-27-14-20(6-9-24(27)38-12-11-18(2)3)29-28-30(35)22-15-21(33)7-10-23(22)41-31(28)32(36)34(29)16-19-5-8-25-26(13-19)40-17-39-25/h5-10,13-15,18,29H,4,11-12,16-17H2,1-3H3/t29-/m0/s1. The molecule has 3 aromatic carbocycles. The van der Waals surface area contributed by atoms with Crippen LogP contribution < -0.4 is 24.4 Å². The van der Waals surface area contributed by atoms with Crippen molar-refractivity contribution in [3.63, 3.8) is 0 Å². The highest BCUT2D eigenvalue weighted by Crippen LogP contribution is 2.42. The smallest absolute Gasteiger partial charge is 0.291 e. The van der Waals surface area contributed by atoms with E-state index in [2.05, 4.69) is 13.8 Å². The van der Waals surface area contributed by atoms with Gasteiger partial charge in [0.2, 0.25) is 12.6 Å². The van der Waals surface area contributed by atoms with Gasteiger partial charge in [0.05, 0.1) is 30.2 Å². The van der Waals surface area contributed by atoms with Crippen LogP contribution in [-0.2, 0) is 6.54 Å². The van der Waals surface area contributed by atoms with Crippen LogP contribution in [0, 0.1) is 11.7 Å². The lowest BCUT2D eigenvalue weighted by Crippen LogP contribution is -2.29. The van der Waals surface area contributed by atoms with Crippen molar-refractivity contribution < 1.29 is 32.5 Å². The second kappa shape index (κ2) is 10.8. The Labute approximate surface area is 236 Å². The number of carbonyl (C=O) groups is 1. The third kappa shape index (κ3) is 4.96. The predicted molar refractivity (Wildman–Crippen MR) is 149 cm³/mol. The fourth-order valence-electron chi connectivity index (χ4n) is 5.23. The first-order valence-corrected chi connectivity index (χ1v) is 13.7. The molecule has 0 spiro atoms. The molecule has 2 aliphatic rings. The summed E-state index contributed by atoms with van der Waals surface area (Å²) in [5, 5.41) is 0.0742. The summed E-state index contributed by atoms with van der Waals surface area (Å²) in [5.74, 6) is 1.71. The summed E-state index contributed by atoms with van der Waals surface area (Å²) < 4.78 is 43.0. The zero-order chi connectivity index (χ0) is 28.7. The van der Waals surface area contributed by atoms with Crippen LogP contribution in [0.5, 0.6) is 23.0 Å². The molecule has 0 unspecified atom stereocenters. The largest absolute Gasteiger partial charge is 0.490 e. The van der Waals surface area contributed by atoms with Gasteiger partial charge in [-0.2, -0.15) is 0 Å². The monoisotopic (exact) mass is 559 g/mol. The number of hydrogen-bond acceptors (Lipinski definition) is 7. The van der Waals surface area contributed by atoms with Crippen molar-refractivity contribution in [2.45, 2.75) is 39.8 Å². The van der Waals surface area contributed by atoms with Crippen LogP contribution in [0.4, 0.5) is 4.39 Å². The normalized spacial score (nSPS) is 15.6. The molecule has 4 aromatic rings. The third-order valence-electron chi connectivity index (χ3n) is 7.25. The minimum Gasteiger partial charge on any atom is -0.490 e. The lowest BCUT2D eigenvalue weighted by molar-refractivity contribution is 0.0714. The third-order valence-corrected chi connectivity index (χ3v) is 7.25. The van der Waals surface area contributed by atoms with Gasteiger partial charge in [0, 0.05) is 6.54 Å². The van der Waals surface area contributed by atoms with Crippen molar-refractivity contribution in [3.05, 3.63) is 93.1 Å². The lowest BCUT2D eigenvalue weighted by Gasteiger charge is -2.26. The molecular weight excluding hydrogens is 529 g/mol. The Kier molecular flexibility index (Phi) is 7.03. The number of benzene rings is 3. The van der Waals surface area contributed by atoms with Crippen molar-refractivity contribution >= 4 is 16.9 Å². The van der Waals surface area contributed by atoms with E-state index in [4.69, 9.17) is 23.4 Å². The summed E-state index contributed by atoms with van der Waals surface area (Å²) >= 11 is 0. The van der Waals surface area contributed by atoms with Crippen LogP contribution in [0.3, 0.4) is 0 Å². The molecule has 0 saturated carbocycles. The number of halogens is 1. The fraction of sp³-hybridized carbons (Fsp3) is 0.312. The van der Waals surface area contributed by atoms with Crippen molar-refractivity contribution in [2.24, 2.45) is 5.92 Å². The molecule has 0 N–H and O–H groups in total. The van der Waals surface area contributed by atoms with Crippen LogP contribution in [0.15, 0.2) is 63.8 Å². The molecule has 2 aliphatic heterocycles. The first-order valence-electron chi connectivity index (χ1n) is 13.7. The van der Waals surface area contributed by atoms with Crippen LogP contribution in [-0.4, -0.2) is 30.8 Å². The Balaban J connectivity index is 1.46.